The van der Waals surface area contributed by atoms with Crippen molar-refractivity contribution in [3.63, 3.8) is 0 Å². The van der Waals surface area contributed by atoms with Crippen LogP contribution < -0.4 is 5.73 Å². The van der Waals surface area contributed by atoms with Crippen LogP contribution in [0, 0.1) is 0 Å². The van der Waals surface area contributed by atoms with Crippen molar-refractivity contribution in [2.24, 2.45) is 5.73 Å². The van der Waals surface area contributed by atoms with Crippen molar-refractivity contribution in [2.45, 2.75) is 71.9 Å². The second kappa shape index (κ2) is 7.85. The number of ether oxygens (including phenoxy) is 1. The summed E-state index contributed by atoms with van der Waals surface area (Å²) in [6.45, 7) is 13.8. The van der Waals surface area contributed by atoms with Crippen LogP contribution in [0.15, 0.2) is 0 Å². The van der Waals surface area contributed by atoms with E-state index in [1.165, 1.54) is 0 Å². The van der Waals surface area contributed by atoms with Crippen molar-refractivity contribution in [1.29, 1.82) is 0 Å². The van der Waals surface area contributed by atoms with Gasteiger partial charge in [-0.3, -0.25) is 9.69 Å². The third kappa shape index (κ3) is 5.91. The molecule has 0 radical (unpaired) electrons. The summed E-state index contributed by atoms with van der Waals surface area (Å²) < 4.78 is 5.42. The van der Waals surface area contributed by atoms with Crippen molar-refractivity contribution < 1.29 is 9.53 Å². The lowest BCUT2D eigenvalue weighted by Crippen LogP contribution is -2.55. The maximum absolute atomic E-state index is 12.0. The molecule has 0 heterocycles. The Balaban J connectivity index is 4.86. The molecule has 0 spiro atoms. The molecule has 0 unspecified atom stereocenters. The lowest BCUT2D eigenvalue weighted by molar-refractivity contribution is -0.158. The Hall–Kier alpha value is -0.610. The molecule has 0 aliphatic rings. The van der Waals surface area contributed by atoms with Crippen LogP contribution in [-0.2, 0) is 9.53 Å². The fraction of sp³-hybridized carbons (Fsp3) is 0.933. The predicted molar refractivity (Wildman–Crippen MR) is 80.1 cm³/mol. The largest absolute Gasteiger partial charge is 0.459 e. The maximum atomic E-state index is 12.0. The minimum Gasteiger partial charge on any atom is -0.459 e. The first-order chi connectivity index (χ1) is 8.74. The third-order valence-electron chi connectivity index (χ3n) is 3.60. The van der Waals surface area contributed by atoms with Crippen LogP contribution in [0.2, 0.25) is 0 Å². The maximum Gasteiger partial charge on any atom is 0.320 e. The number of hydrogen-bond donors (Lipinski definition) is 1. The molecule has 2 N–H and O–H groups in total. The number of nitrogens with zero attached hydrogens (tertiary/aromatic N) is 1. The number of esters is 1. The summed E-state index contributed by atoms with van der Waals surface area (Å²) in [6.07, 6.45) is 2.90. The molecule has 0 bridgehead atoms. The van der Waals surface area contributed by atoms with Gasteiger partial charge in [0.15, 0.2) is 0 Å². The highest BCUT2D eigenvalue weighted by Crippen LogP contribution is 2.23. The van der Waals surface area contributed by atoms with Crippen LogP contribution >= 0.6 is 0 Å². The molecule has 0 saturated carbocycles. The third-order valence-corrected chi connectivity index (χ3v) is 3.60. The van der Waals surface area contributed by atoms with Crippen LogP contribution in [-0.4, -0.2) is 41.6 Å². The first-order valence-corrected chi connectivity index (χ1v) is 7.41. The summed E-state index contributed by atoms with van der Waals surface area (Å²) in [6, 6.07) is 0. The molecule has 0 rings (SSSR count). The zero-order chi connectivity index (χ0) is 15.1. The van der Waals surface area contributed by atoms with Crippen molar-refractivity contribution in [3.05, 3.63) is 0 Å². The molecule has 0 atom stereocenters. The molecular formula is C15H32N2O2. The summed E-state index contributed by atoms with van der Waals surface area (Å²) in [5, 5.41) is 0. The fourth-order valence-electron chi connectivity index (χ4n) is 2.40. The zero-order valence-corrected chi connectivity index (χ0v) is 13.6. The Labute approximate surface area is 118 Å². The van der Waals surface area contributed by atoms with Crippen molar-refractivity contribution in [3.8, 4) is 0 Å². The van der Waals surface area contributed by atoms with Crippen LogP contribution in [0.4, 0.5) is 0 Å². The summed E-state index contributed by atoms with van der Waals surface area (Å²) >= 11 is 0. The second-order valence-electron chi connectivity index (χ2n) is 6.14. The molecule has 0 fully saturated rings. The fourth-order valence-corrected chi connectivity index (χ4v) is 2.40. The van der Waals surface area contributed by atoms with Gasteiger partial charge in [-0.1, -0.05) is 20.8 Å². The topological polar surface area (TPSA) is 55.6 Å². The average Bonchev–Trinajstić information content (AvgIpc) is 2.29. The number of carbonyl (C=O) groups is 1. The van der Waals surface area contributed by atoms with E-state index < -0.39 is 5.60 Å². The number of carbonyl (C=O) groups excluding carboxylic acids is 1. The Morgan fingerprint density at radius 1 is 1.16 bits per heavy atom. The van der Waals surface area contributed by atoms with E-state index in [1.54, 1.807) is 0 Å². The van der Waals surface area contributed by atoms with E-state index in [4.69, 9.17) is 10.5 Å². The first kappa shape index (κ1) is 18.4. The quantitative estimate of drug-likeness (QED) is 0.690. The Morgan fingerprint density at radius 3 is 2.00 bits per heavy atom. The molecule has 0 amide bonds. The van der Waals surface area contributed by atoms with Crippen molar-refractivity contribution in [2.75, 3.05) is 19.6 Å². The normalized spacial score (nSPS) is 12.8. The van der Waals surface area contributed by atoms with Gasteiger partial charge >= 0.3 is 5.97 Å². The van der Waals surface area contributed by atoms with Gasteiger partial charge in [0, 0.05) is 12.1 Å². The van der Waals surface area contributed by atoms with Gasteiger partial charge < -0.3 is 10.5 Å². The molecular weight excluding hydrogens is 240 g/mol. The predicted octanol–water partition coefficient (Wildman–Crippen LogP) is 2.56. The molecule has 0 saturated heterocycles. The van der Waals surface area contributed by atoms with E-state index in [9.17, 15) is 4.79 Å². The summed E-state index contributed by atoms with van der Waals surface area (Å²) in [4.78, 5) is 14.2. The first-order valence-electron chi connectivity index (χ1n) is 7.41. The summed E-state index contributed by atoms with van der Waals surface area (Å²) in [5.74, 6) is -0.166. The molecule has 0 aromatic carbocycles. The molecule has 19 heavy (non-hydrogen) atoms. The molecule has 114 valence electrons. The highest BCUT2D eigenvalue weighted by atomic mass is 16.6. The second-order valence-corrected chi connectivity index (χ2v) is 6.14. The van der Waals surface area contributed by atoms with E-state index in [2.05, 4.69) is 25.7 Å². The standard InChI is InChI=1S/C15H32N2O2/c1-7-10-17(15(8-2,9-3)12-16)11-13(18)19-14(4,5)6/h7-12,16H2,1-6H3. The van der Waals surface area contributed by atoms with E-state index >= 15 is 0 Å². The van der Waals surface area contributed by atoms with Crippen LogP contribution in [0.25, 0.3) is 0 Å². The van der Waals surface area contributed by atoms with Gasteiger partial charge in [-0.15, -0.1) is 0 Å². The average molecular weight is 272 g/mol. The van der Waals surface area contributed by atoms with Crippen LogP contribution in [0.1, 0.15) is 60.8 Å². The van der Waals surface area contributed by atoms with E-state index in [0.29, 0.717) is 13.1 Å². The molecule has 0 aromatic rings. The van der Waals surface area contributed by atoms with Gasteiger partial charge in [0.25, 0.3) is 0 Å². The van der Waals surface area contributed by atoms with Crippen LogP contribution in [0.3, 0.4) is 0 Å². The van der Waals surface area contributed by atoms with Crippen molar-refractivity contribution in [1.82, 2.24) is 4.90 Å². The van der Waals surface area contributed by atoms with Gasteiger partial charge in [-0.2, -0.15) is 0 Å². The number of nitrogens with two attached hydrogens (primary N) is 1. The van der Waals surface area contributed by atoms with Crippen molar-refractivity contribution >= 4 is 5.97 Å². The van der Waals surface area contributed by atoms with Crippen LogP contribution in [0.5, 0.6) is 0 Å². The van der Waals surface area contributed by atoms with Gasteiger partial charge in [-0.25, -0.2) is 0 Å². The Kier molecular flexibility index (Phi) is 7.60. The lowest BCUT2D eigenvalue weighted by Gasteiger charge is -2.42. The molecule has 4 nitrogen and oxygen atoms in total. The molecule has 4 heteroatoms. The number of hydrogen-bond acceptors (Lipinski definition) is 4. The SMILES string of the molecule is CCCN(CC(=O)OC(C)(C)C)C(CC)(CC)CN. The summed E-state index contributed by atoms with van der Waals surface area (Å²) in [7, 11) is 0. The molecule has 0 aliphatic heterocycles. The minimum atomic E-state index is -0.432. The highest BCUT2D eigenvalue weighted by molar-refractivity contribution is 5.72. The zero-order valence-electron chi connectivity index (χ0n) is 13.6. The Bertz CT molecular complexity index is 260. The minimum absolute atomic E-state index is 0.0904. The molecule has 0 aliphatic carbocycles. The highest BCUT2D eigenvalue weighted by Gasteiger charge is 2.33. The Morgan fingerprint density at radius 2 is 1.68 bits per heavy atom. The van der Waals surface area contributed by atoms with E-state index in [1.807, 2.05) is 20.8 Å². The van der Waals surface area contributed by atoms with Gasteiger partial charge in [0.2, 0.25) is 0 Å². The van der Waals surface area contributed by atoms with E-state index in [-0.39, 0.29) is 11.5 Å². The monoisotopic (exact) mass is 272 g/mol. The van der Waals surface area contributed by atoms with Gasteiger partial charge in [0.05, 0.1) is 6.54 Å². The number of rotatable bonds is 8. The lowest BCUT2D eigenvalue weighted by atomic mass is 9.90. The smallest absolute Gasteiger partial charge is 0.320 e. The van der Waals surface area contributed by atoms with Gasteiger partial charge in [-0.05, 0) is 46.6 Å². The van der Waals surface area contributed by atoms with Gasteiger partial charge in [0.1, 0.15) is 5.60 Å². The summed E-state index contributed by atoms with van der Waals surface area (Å²) in [5.41, 5.74) is 5.45. The molecule has 0 aromatic heterocycles. The van der Waals surface area contributed by atoms with E-state index in [0.717, 1.165) is 25.8 Å².